The van der Waals surface area contributed by atoms with E-state index in [9.17, 15) is 19.2 Å². The van der Waals surface area contributed by atoms with E-state index in [1.54, 1.807) is 12.2 Å². The van der Waals surface area contributed by atoms with E-state index in [1.165, 1.54) is 14.2 Å². The highest BCUT2D eigenvalue weighted by Crippen LogP contribution is 2.54. The molecule has 2 bridgehead atoms. The summed E-state index contributed by atoms with van der Waals surface area (Å²) in [4.78, 5) is 47.9. The molecule has 0 N–H and O–H groups in total. The Morgan fingerprint density at radius 3 is 1.62 bits per heavy atom. The molecule has 3 aliphatic carbocycles. The third kappa shape index (κ3) is 1.73. The highest BCUT2D eigenvalue weighted by molar-refractivity contribution is 5.99. The minimum Gasteiger partial charge on any atom is -0.469 e. The van der Waals surface area contributed by atoms with Gasteiger partial charge in [0.25, 0.3) is 0 Å². The Hall–Kier alpha value is -2.18. The summed E-state index contributed by atoms with van der Waals surface area (Å²) in [7, 11) is 2.44. The van der Waals surface area contributed by atoms with Crippen LogP contribution in [0.5, 0.6) is 0 Å². The van der Waals surface area contributed by atoms with Crippen LogP contribution in [0.4, 0.5) is 0 Å². The first-order valence-corrected chi connectivity index (χ1v) is 6.60. The van der Waals surface area contributed by atoms with Crippen LogP contribution in [-0.2, 0) is 33.4 Å². The van der Waals surface area contributed by atoms with E-state index < -0.39 is 59.4 Å². The lowest BCUT2D eigenvalue weighted by atomic mass is 9.53. The second-order valence-electron chi connectivity index (χ2n) is 5.43. The molecule has 7 nitrogen and oxygen atoms in total. The van der Waals surface area contributed by atoms with Crippen molar-refractivity contribution in [2.24, 2.45) is 35.5 Å². The van der Waals surface area contributed by atoms with Gasteiger partial charge in [-0.05, 0) is 0 Å². The normalized spacial score (nSPS) is 39.7. The summed E-state index contributed by atoms with van der Waals surface area (Å²) in [5.74, 6) is -6.75. The van der Waals surface area contributed by atoms with Gasteiger partial charge in [0.05, 0.1) is 37.9 Å². The Kier molecular flexibility index (Phi) is 3.07. The number of methoxy groups -OCH3 is 2. The average molecular weight is 294 g/mol. The smallest absolute Gasteiger partial charge is 0.318 e. The second kappa shape index (κ2) is 4.68. The maximum Gasteiger partial charge on any atom is 0.318 e. The zero-order valence-electron chi connectivity index (χ0n) is 11.5. The van der Waals surface area contributed by atoms with E-state index in [4.69, 9.17) is 14.2 Å². The predicted molar refractivity (Wildman–Crippen MR) is 65.2 cm³/mol. The fraction of sp³-hybridized carbons (Fsp3) is 0.571. The first kappa shape index (κ1) is 13.8. The van der Waals surface area contributed by atoms with Gasteiger partial charge in [0.1, 0.15) is 0 Å². The molecule has 4 rings (SSSR count). The Morgan fingerprint density at radius 2 is 1.29 bits per heavy atom. The molecule has 0 amide bonds. The molecule has 0 unspecified atom stereocenters. The van der Waals surface area contributed by atoms with Crippen molar-refractivity contribution >= 4 is 23.9 Å². The van der Waals surface area contributed by atoms with Gasteiger partial charge in [-0.15, -0.1) is 0 Å². The third-order valence-corrected chi connectivity index (χ3v) is 4.68. The molecule has 4 aliphatic rings. The number of hydrogen-bond donors (Lipinski definition) is 0. The number of carbonyl (C=O) groups is 4. The number of ether oxygens (including phenoxy) is 3. The third-order valence-electron chi connectivity index (χ3n) is 4.68. The molecule has 2 fully saturated rings. The van der Waals surface area contributed by atoms with Crippen LogP contribution < -0.4 is 0 Å². The summed E-state index contributed by atoms with van der Waals surface area (Å²) < 4.78 is 14.2. The van der Waals surface area contributed by atoms with Crippen LogP contribution in [0.1, 0.15) is 0 Å². The number of cyclic esters (lactones) is 2. The van der Waals surface area contributed by atoms with Crippen molar-refractivity contribution in [2.75, 3.05) is 14.2 Å². The summed E-state index contributed by atoms with van der Waals surface area (Å²) in [6.45, 7) is 0. The summed E-state index contributed by atoms with van der Waals surface area (Å²) >= 11 is 0. The minimum atomic E-state index is -0.836. The molecule has 21 heavy (non-hydrogen) atoms. The largest absolute Gasteiger partial charge is 0.469 e. The number of rotatable bonds is 2. The van der Waals surface area contributed by atoms with Crippen molar-refractivity contribution in [2.45, 2.75) is 0 Å². The van der Waals surface area contributed by atoms with Gasteiger partial charge >= 0.3 is 23.9 Å². The topological polar surface area (TPSA) is 96.0 Å². The summed E-state index contributed by atoms with van der Waals surface area (Å²) in [5.41, 5.74) is 0. The Labute approximate surface area is 120 Å². The van der Waals surface area contributed by atoms with Gasteiger partial charge in [0, 0.05) is 11.8 Å². The number of fused-ring (bicyclic) bond motifs is 1. The Morgan fingerprint density at radius 1 is 0.905 bits per heavy atom. The molecule has 0 spiro atoms. The molecule has 7 heteroatoms. The summed E-state index contributed by atoms with van der Waals surface area (Å²) in [5, 5.41) is 0. The van der Waals surface area contributed by atoms with Crippen molar-refractivity contribution in [3.63, 3.8) is 0 Å². The van der Waals surface area contributed by atoms with Gasteiger partial charge in [-0.2, -0.15) is 0 Å². The van der Waals surface area contributed by atoms with E-state index in [1.807, 2.05) is 0 Å². The maximum atomic E-state index is 12.1. The van der Waals surface area contributed by atoms with Crippen LogP contribution in [0.2, 0.25) is 0 Å². The molecule has 0 aromatic carbocycles. The van der Waals surface area contributed by atoms with Crippen molar-refractivity contribution in [3.8, 4) is 0 Å². The number of allylic oxidation sites excluding steroid dienone is 2. The SMILES string of the molecule is COC(=O)[C@H]1[C@@H]2C=C[C@@H]([C@@H]3C(=O)OC(=O)[C@H]23)[C@@H]1C(=O)OC. The molecule has 0 aromatic rings. The van der Waals surface area contributed by atoms with Crippen LogP contribution in [0.3, 0.4) is 0 Å². The van der Waals surface area contributed by atoms with E-state index in [2.05, 4.69) is 0 Å². The van der Waals surface area contributed by atoms with Gasteiger partial charge in [0.15, 0.2) is 0 Å². The van der Waals surface area contributed by atoms with Crippen LogP contribution in [0.15, 0.2) is 12.2 Å². The standard InChI is InChI=1S/C14H14O7/c1-19-11(15)7-5-3-4-6(8(7)12(16)20-2)10-9(5)13(17)21-14(10)18/h3-10H,1-2H3/t5-,6+,7-,8-,9+,10-/m0/s1. The fourth-order valence-corrected chi connectivity index (χ4v) is 3.86. The molecule has 112 valence electrons. The number of carbonyl (C=O) groups excluding carboxylic acids is 4. The highest BCUT2D eigenvalue weighted by Gasteiger charge is 2.65. The first-order chi connectivity index (χ1) is 10.0. The summed E-state index contributed by atoms with van der Waals surface area (Å²) in [6, 6.07) is 0. The predicted octanol–water partition coefficient (Wildman–Crippen LogP) is -0.304. The van der Waals surface area contributed by atoms with Crippen LogP contribution >= 0.6 is 0 Å². The number of hydrogen-bond acceptors (Lipinski definition) is 7. The van der Waals surface area contributed by atoms with E-state index in [0.29, 0.717) is 0 Å². The Bertz CT molecular complexity index is 516. The number of esters is 4. The quantitative estimate of drug-likeness (QED) is 0.298. The molecule has 1 saturated heterocycles. The second-order valence-corrected chi connectivity index (χ2v) is 5.43. The molecule has 0 radical (unpaired) electrons. The van der Waals surface area contributed by atoms with Crippen molar-refractivity contribution in [1.82, 2.24) is 0 Å². The van der Waals surface area contributed by atoms with E-state index in [-0.39, 0.29) is 0 Å². The molecule has 1 saturated carbocycles. The van der Waals surface area contributed by atoms with Crippen molar-refractivity contribution in [1.29, 1.82) is 0 Å². The lowest BCUT2D eigenvalue weighted by molar-refractivity contribution is -0.169. The minimum absolute atomic E-state index is 0.588. The molecule has 6 atom stereocenters. The summed E-state index contributed by atoms with van der Waals surface area (Å²) in [6.07, 6.45) is 3.40. The van der Waals surface area contributed by atoms with Crippen LogP contribution in [0, 0.1) is 35.5 Å². The zero-order valence-corrected chi connectivity index (χ0v) is 11.5. The van der Waals surface area contributed by atoms with Gasteiger partial charge in [-0.25, -0.2) is 0 Å². The van der Waals surface area contributed by atoms with E-state index >= 15 is 0 Å². The molecular weight excluding hydrogens is 280 g/mol. The maximum absolute atomic E-state index is 12.1. The van der Waals surface area contributed by atoms with Gasteiger partial charge < -0.3 is 14.2 Å². The monoisotopic (exact) mass is 294 g/mol. The van der Waals surface area contributed by atoms with Gasteiger partial charge in [-0.3, -0.25) is 19.2 Å². The van der Waals surface area contributed by atoms with Crippen molar-refractivity contribution in [3.05, 3.63) is 12.2 Å². The zero-order chi connectivity index (χ0) is 15.3. The van der Waals surface area contributed by atoms with Gasteiger partial charge in [-0.1, -0.05) is 12.2 Å². The Balaban J connectivity index is 2.08. The van der Waals surface area contributed by atoms with Crippen molar-refractivity contribution < 1.29 is 33.4 Å². The van der Waals surface area contributed by atoms with E-state index in [0.717, 1.165) is 0 Å². The molecule has 1 aliphatic heterocycles. The lowest BCUT2D eigenvalue weighted by Crippen LogP contribution is -2.54. The van der Waals surface area contributed by atoms with Crippen LogP contribution in [0.25, 0.3) is 0 Å². The first-order valence-electron chi connectivity index (χ1n) is 6.60. The lowest BCUT2D eigenvalue weighted by Gasteiger charge is -2.46. The highest BCUT2D eigenvalue weighted by atomic mass is 16.6. The van der Waals surface area contributed by atoms with Gasteiger partial charge in [0.2, 0.25) is 0 Å². The molecular formula is C14H14O7. The van der Waals surface area contributed by atoms with Crippen LogP contribution in [-0.4, -0.2) is 38.1 Å². The average Bonchev–Trinajstić information content (AvgIpc) is 2.82. The fourth-order valence-electron chi connectivity index (χ4n) is 3.86. The molecule has 0 aromatic heterocycles. The molecule has 1 heterocycles.